The maximum atomic E-state index is 11.2. The van der Waals surface area contributed by atoms with Gasteiger partial charge in [0, 0.05) is 6.54 Å². The molecule has 0 bridgehead atoms. The van der Waals surface area contributed by atoms with Crippen molar-refractivity contribution in [2.45, 2.75) is 26.7 Å². The van der Waals surface area contributed by atoms with E-state index in [0.717, 1.165) is 24.5 Å². The Bertz CT molecular complexity index is 334. The van der Waals surface area contributed by atoms with Crippen LogP contribution in [0.15, 0.2) is 6.20 Å². The minimum Gasteiger partial charge on any atom is -0.465 e. The number of hydrogen-bond acceptors (Lipinski definition) is 5. The summed E-state index contributed by atoms with van der Waals surface area (Å²) in [6.45, 7) is 5.26. The van der Waals surface area contributed by atoms with E-state index in [4.69, 9.17) is 0 Å². The van der Waals surface area contributed by atoms with E-state index in [1.807, 2.05) is 0 Å². The molecule has 0 amide bonds. The first kappa shape index (κ1) is 13.0. The monoisotopic (exact) mass is 242 g/mol. The van der Waals surface area contributed by atoms with Crippen molar-refractivity contribution in [1.82, 2.24) is 4.98 Å². The van der Waals surface area contributed by atoms with E-state index in [-0.39, 0.29) is 5.97 Å². The first-order chi connectivity index (χ1) is 7.71. The highest BCUT2D eigenvalue weighted by molar-refractivity contribution is 7.17. The Morgan fingerprint density at radius 3 is 2.81 bits per heavy atom. The molecule has 0 unspecified atom stereocenters. The molecule has 1 N–H and O–H groups in total. The van der Waals surface area contributed by atoms with E-state index < -0.39 is 0 Å². The number of anilines is 1. The topological polar surface area (TPSA) is 51.2 Å². The zero-order valence-corrected chi connectivity index (χ0v) is 10.8. The summed E-state index contributed by atoms with van der Waals surface area (Å²) in [5.41, 5.74) is 0. The largest absolute Gasteiger partial charge is 0.465 e. The molecule has 1 aromatic rings. The summed E-state index contributed by atoms with van der Waals surface area (Å²) in [5, 5.41) is 4.03. The van der Waals surface area contributed by atoms with E-state index in [1.165, 1.54) is 18.4 Å². The van der Waals surface area contributed by atoms with Crippen LogP contribution < -0.4 is 5.32 Å². The smallest absolute Gasteiger partial charge is 0.349 e. The van der Waals surface area contributed by atoms with Crippen molar-refractivity contribution in [3.05, 3.63) is 11.1 Å². The van der Waals surface area contributed by atoms with Gasteiger partial charge in [0.25, 0.3) is 0 Å². The number of aromatic nitrogens is 1. The molecule has 90 valence electrons. The minimum atomic E-state index is -0.326. The predicted molar refractivity (Wildman–Crippen MR) is 66.0 cm³/mol. The van der Waals surface area contributed by atoms with Gasteiger partial charge in [-0.1, -0.05) is 38.0 Å². The Hall–Kier alpha value is -1.10. The number of ether oxygens (including phenoxy) is 1. The molecule has 0 fully saturated rings. The van der Waals surface area contributed by atoms with Gasteiger partial charge in [0.15, 0.2) is 5.13 Å². The third kappa shape index (κ3) is 3.48. The number of esters is 1. The predicted octanol–water partition coefficient (Wildman–Crippen LogP) is 2.78. The summed E-state index contributed by atoms with van der Waals surface area (Å²) < 4.78 is 4.62. The molecule has 0 saturated heterocycles. The molecule has 0 atom stereocenters. The van der Waals surface area contributed by atoms with Crippen molar-refractivity contribution in [2.24, 2.45) is 5.92 Å². The Kier molecular flexibility index (Phi) is 5.25. The number of carbonyl (C=O) groups is 1. The van der Waals surface area contributed by atoms with Crippen LogP contribution in [0.4, 0.5) is 5.13 Å². The molecular weight excluding hydrogens is 224 g/mol. The highest BCUT2D eigenvalue weighted by Gasteiger charge is 2.11. The van der Waals surface area contributed by atoms with Gasteiger partial charge >= 0.3 is 5.97 Å². The molecule has 0 aliphatic rings. The van der Waals surface area contributed by atoms with Crippen molar-refractivity contribution in [1.29, 1.82) is 0 Å². The van der Waals surface area contributed by atoms with Gasteiger partial charge in [0.05, 0.1) is 13.3 Å². The molecular formula is C11H18N2O2S. The standard InChI is InChI=1S/C11H18N2O2S/c1-4-8(5-2)6-12-11-13-7-9(16-11)10(14)15-3/h7-8H,4-6H2,1-3H3,(H,12,13). The third-order valence-electron chi connectivity index (χ3n) is 2.59. The highest BCUT2D eigenvalue weighted by Crippen LogP contribution is 2.19. The van der Waals surface area contributed by atoms with Crippen LogP contribution >= 0.6 is 11.3 Å². The van der Waals surface area contributed by atoms with Crippen molar-refractivity contribution >= 4 is 22.4 Å². The number of hydrogen-bond donors (Lipinski definition) is 1. The van der Waals surface area contributed by atoms with Crippen LogP contribution in [0, 0.1) is 5.92 Å². The second-order valence-corrected chi connectivity index (χ2v) is 4.62. The minimum absolute atomic E-state index is 0.326. The number of thiazole rings is 1. The van der Waals surface area contributed by atoms with E-state index in [1.54, 1.807) is 6.20 Å². The summed E-state index contributed by atoms with van der Waals surface area (Å²) in [6, 6.07) is 0. The lowest BCUT2D eigenvalue weighted by Crippen LogP contribution is -2.12. The summed E-state index contributed by atoms with van der Waals surface area (Å²) in [6.07, 6.45) is 3.85. The average Bonchev–Trinajstić information content (AvgIpc) is 2.78. The van der Waals surface area contributed by atoms with Crippen LogP contribution in [0.25, 0.3) is 0 Å². The lowest BCUT2D eigenvalue weighted by atomic mass is 10.0. The molecule has 4 nitrogen and oxygen atoms in total. The van der Waals surface area contributed by atoms with Crippen LogP contribution in [0.1, 0.15) is 36.4 Å². The van der Waals surface area contributed by atoms with Crippen LogP contribution in [0.3, 0.4) is 0 Å². The van der Waals surface area contributed by atoms with Gasteiger partial charge in [0.2, 0.25) is 0 Å². The SMILES string of the molecule is CCC(CC)CNc1ncc(C(=O)OC)s1. The van der Waals surface area contributed by atoms with Crippen LogP contribution in [-0.4, -0.2) is 24.6 Å². The van der Waals surface area contributed by atoms with Crippen molar-refractivity contribution in [3.63, 3.8) is 0 Å². The fraction of sp³-hybridized carbons (Fsp3) is 0.636. The number of methoxy groups -OCH3 is 1. The molecule has 16 heavy (non-hydrogen) atoms. The lowest BCUT2D eigenvalue weighted by molar-refractivity contribution is 0.0606. The first-order valence-electron chi connectivity index (χ1n) is 5.49. The summed E-state index contributed by atoms with van der Waals surface area (Å²) >= 11 is 1.33. The summed E-state index contributed by atoms with van der Waals surface area (Å²) in [5.74, 6) is 0.332. The van der Waals surface area contributed by atoms with Gasteiger partial charge in [-0.15, -0.1) is 0 Å². The van der Waals surface area contributed by atoms with Crippen molar-refractivity contribution < 1.29 is 9.53 Å². The van der Waals surface area contributed by atoms with Crippen molar-refractivity contribution in [2.75, 3.05) is 19.0 Å². The number of nitrogens with zero attached hydrogens (tertiary/aromatic N) is 1. The van der Waals surface area contributed by atoms with Crippen molar-refractivity contribution in [3.8, 4) is 0 Å². The third-order valence-corrected chi connectivity index (χ3v) is 3.52. The normalized spacial score (nSPS) is 10.5. The van der Waals surface area contributed by atoms with Gasteiger partial charge in [-0.3, -0.25) is 0 Å². The molecule has 5 heteroatoms. The second kappa shape index (κ2) is 6.48. The van der Waals surface area contributed by atoms with E-state index in [9.17, 15) is 4.79 Å². The average molecular weight is 242 g/mol. The zero-order valence-electron chi connectivity index (χ0n) is 9.95. The van der Waals surface area contributed by atoms with Crippen LogP contribution in [-0.2, 0) is 4.74 Å². The molecule has 1 rings (SSSR count). The van der Waals surface area contributed by atoms with Gasteiger partial charge in [-0.2, -0.15) is 0 Å². The lowest BCUT2D eigenvalue weighted by Gasteiger charge is -2.11. The fourth-order valence-electron chi connectivity index (χ4n) is 1.36. The molecule has 1 heterocycles. The Labute approximate surface area is 100 Å². The number of carbonyl (C=O) groups excluding carboxylic acids is 1. The van der Waals surface area contributed by atoms with Gasteiger partial charge in [-0.25, -0.2) is 9.78 Å². The number of nitrogens with one attached hydrogen (secondary N) is 1. The molecule has 0 aromatic carbocycles. The Balaban J connectivity index is 2.49. The first-order valence-corrected chi connectivity index (χ1v) is 6.30. The highest BCUT2D eigenvalue weighted by atomic mass is 32.1. The molecule has 0 saturated carbocycles. The maximum Gasteiger partial charge on any atom is 0.349 e. The Morgan fingerprint density at radius 1 is 1.56 bits per heavy atom. The van der Waals surface area contributed by atoms with E-state index in [2.05, 4.69) is 28.9 Å². The molecule has 0 aliphatic carbocycles. The Morgan fingerprint density at radius 2 is 2.25 bits per heavy atom. The van der Waals surface area contributed by atoms with Gasteiger partial charge in [0.1, 0.15) is 4.88 Å². The molecule has 1 aromatic heterocycles. The van der Waals surface area contributed by atoms with Gasteiger partial charge in [-0.05, 0) is 5.92 Å². The zero-order chi connectivity index (χ0) is 12.0. The van der Waals surface area contributed by atoms with Crippen LogP contribution in [0.2, 0.25) is 0 Å². The van der Waals surface area contributed by atoms with E-state index in [0.29, 0.717) is 10.8 Å². The number of rotatable bonds is 6. The second-order valence-electron chi connectivity index (χ2n) is 3.58. The fourth-order valence-corrected chi connectivity index (χ4v) is 2.10. The summed E-state index contributed by atoms with van der Waals surface area (Å²) in [4.78, 5) is 15.9. The molecule has 0 radical (unpaired) electrons. The van der Waals surface area contributed by atoms with Crippen LogP contribution in [0.5, 0.6) is 0 Å². The maximum absolute atomic E-state index is 11.2. The molecule has 0 spiro atoms. The quantitative estimate of drug-likeness (QED) is 0.779. The van der Waals surface area contributed by atoms with E-state index >= 15 is 0 Å². The molecule has 0 aliphatic heterocycles. The van der Waals surface area contributed by atoms with Gasteiger partial charge < -0.3 is 10.1 Å². The summed E-state index contributed by atoms with van der Waals surface area (Å²) in [7, 11) is 1.37.